The molecule has 0 amide bonds. The van der Waals surface area contributed by atoms with Crippen molar-refractivity contribution in [2.45, 2.75) is 39.7 Å². The number of hydrogen-bond acceptors (Lipinski definition) is 2. The Morgan fingerprint density at radius 1 is 1.24 bits per heavy atom. The van der Waals surface area contributed by atoms with Gasteiger partial charge in [-0.25, -0.2) is 0 Å². The quantitative estimate of drug-likeness (QED) is 0.857. The van der Waals surface area contributed by atoms with Gasteiger partial charge in [0.2, 0.25) is 0 Å². The van der Waals surface area contributed by atoms with Crippen LogP contribution in [0.25, 0.3) is 0 Å². The Bertz CT molecular complexity index is 424. The summed E-state index contributed by atoms with van der Waals surface area (Å²) < 4.78 is 2.32. The summed E-state index contributed by atoms with van der Waals surface area (Å²) in [7, 11) is 0. The monoisotopic (exact) mass is 300 g/mol. The minimum Gasteiger partial charge on any atom is -0.358 e. The number of anilines is 1. The molecule has 3 nitrogen and oxygen atoms in total. The summed E-state index contributed by atoms with van der Waals surface area (Å²) in [5, 5.41) is 0. The lowest BCUT2D eigenvalue weighted by atomic mass is 10.1. The Morgan fingerprint density at radius 3 is 2.59 bits per heavy atom. The number of nitrogens with zero attached hydrogens (tertiary/aromatic N) is 2. The molecule has 0 bridgehead atoms. The molecule has 1 aromatic rings. The van der Waals surface area contributed by atoms with Crippen LogP contribution in [0.3, 0.4) is 0 Å². The van der Waals surface area contributed by atoms with E-state index in [1.54, 1.807) is 12.1 Å². The van der Waals surface area contributed by atoms with E-state index in [2.05, 4.69) is 23.3 Å². The first-order chi connectivity index (χ1) is 7.76. The lowest BCUT2D eigenvalue weighted by molar-refractivity contribution is 0.520. The average Bonchev–Trinajstić information content (AvgIpc) is 2.30. The lowest BCUT2D eigenvalue weighted by Gasteiger charge is -2.29. The van der Waals surface area contributed by atoms with Crippen molar-refractivity contribution in [3.63, 3.8) is 0 Å². The molecule has 4 heteroatoms. The molecule has 0 aromatic carbocycles. The first kappa shape index (κ1) is 14.3. The van der Waals surface area contributed by atoms with E-state index in [1.807, 2.05) is 0 Å². The van der Waals surface area contributed by atoms with Gasteiger partial charge in [-0.1, -0.05) is 0 Å². The van der Waals surface area contributed by atoms with Crippen molar-refractivity contribution < 1.29 is 0 Å². The van der Waals surface area contributed by atoms with Crippen molar-refractivity contribution in [3.8, 4) is 0 Å². The third-order valence-corrected chi connectivity index (χ3v) is 3.36. The number of hydrogen-bond donors (Lipinski definition) is 0. The zero-order valence-corrected chi connectivity index (χ0v) is 12.3. The minimum atomic E-state index is 0. The van der Waals surface area contributed by atoms with Crippen LogP contribution in [0.1, 0.15) is 32.4 Å². The predicted octanol–water partition coefficient (Wildman–Crippen LogP) is 2.61. The SMILES string of the molecule is Br.CCN(CC)c1cc(=O)cc2n1CCCC2. The molecule has 0 atom stereocenters. The molecule has 0 saturated carbocycles. The van der Waals surface area contributed by atoms with Crippen LogP contribution in [-0.2, 0) is 13.0 Å². The topological polar surface area (TPSA) is 25.2 Å². The van der Waals surface area contributed by atoms with E-state index in [9.17, 15) is 4.79 Å². The normalized spacial score (nSPS) is 13.8. The van der Waals surface area contributed by atoms with E-state index < -0.39 is 0 Å². The summed E-state index contributed by atoms with van der Waals surface area (Å²) in [5.41, 5.74) is 1.36. The Hall–Kier alpha value is -0.770. The Labute approximate surface area is 113 Å². The van der Waals surface area contributed by atoms with Crippen molar-refractivity contribution in [1.82, 2.24) is 4.57 Å². The second-order valence-corrected chi connectivity index (χ2v) is 4.32. The largest absolute Gasteiger partial charge is 0.358 e. The molecule has 0 fully saturated rings. The maximum atomic E-state index is 11.7. The van der Waals surface area contributed by atoms with Crippen molar-refractivity contribution in [1.29, 1.82) is 0 Å². The van der Waals surface area contributed by atoms with Gasteiger partial charge in [0, 0.05) is 37.5 Å². The van der Waals surface area contributed by atoms with Gasteiger partial charge >= 0.3 is 0 Å². The number of aromatic nitrogens is 1. The third kappa shape index (κ3) is 2.92. The van der Waals surface area contributed by atoms with Crippen LogP contribution in [0.2, 0.25) is 0 Å². The number of halogens is 1. The van der Waals surface area contributed by atoms with Gasteiger partial charge in [-0.3, -0.25) is 4.79 Å². The number of aryl methyl sites for hydroxylation is 1. The van der Waals surface area contributed by atoms with Crippen LogP contribution in [0.4, 0.5) is 5.82 Å². The lowest BCUT2D eigenvalue weighted by Crippen LogP contribution is -2.30. The second kappa shape index (κ2) is 6.24. The van der Waals surface area contributed by atoms with Gasteiger partial charge in [-0.2, -0.15) is 0 Å². The number of fused-ring (bicyclic) bond motifs is 1. The first-order valence-corrected chi connectivity index (χ1v) is 6.25. The molecule has 0 saturated heterocycles. The minimum absolute atomic E-state index is 0. The van der Waals surface area contributed by atoms with E-state index in [0.29, 0.717) is 0 Å². The molecule has 0 radical (unpaired) electrons. The molecule has 2 rings (SSSR count). The average molecular weight is 301 g/mol. The molecule has 0 unspecified atom stereocenters. The molecule has 17 heavy (non-hydrogen) atoms. The number of pyridine rings is 1. The molecular weight excluding hydrogens is 280 g/mol. The highest BCUT2D eigenvalue weighted by atomic mass is 79.9. The molecular formula is C13H21BrN2O. The summed E-state index contributed by atoms with van der Waals surface area (Å²) in [5.74, 6) is 1.10. The van der Waals surface area contributed by atoms with Gasteiger partial charge in [0.25, 0.3) is 0 Å². The van der Waals surface area contributed by atoms with Crippen LogP contribution in [-0.4, -0.2) is 17.7 Å². The Kier molecular flexibility index (Phi) is 5.25. The van der Waals surface area contributed by atoms with Gasteiger partial charge in [-0.05, 0) is 33.1 Å². The van der Waals surface area contributed by atoms with Gasteiger partial charge < -0.3 is 9.47 Å². The van der Waals surface area contributed by atoms with Crippen molar-refractivity contribution in [2.24, 2.45) is 0 Å². The highest BCUT2D eigenvalue weighted by Gasteiger charge is 2.14. The fourth-order valence-corrected chi connectivity index (χ4v) is 2.49. The van der Waals surface area contributed by atoms with Gasteiger partial charge in [0.1, 0.15) is 5.82 Å². The Balaban J connectivity index is 0.00000144. The first-order valence-electron chi connectivity index (χ1n) is 6.25. The molecule has 2 heterocycles. The highest BCUT2D eigenvalue weighted by Crippen LogP contribution is 2.21. The van der Waals surface area contributed by atoms with Crippen molar-refractivity contribution in [3.05, 3.63) is 28.0 Å². The number of rotatable bonds is 3. The zero-order chi connectivity index (χ0) is 11.5. The molecule has 96 valence electrons. The molecule has 0 spiro atoms. The molecule has 1 aromatic heterocycles. The second-order valence-electron chi connectivity index (χ2n) is 4.32. The van der Waals surface area contributed by atoms with Gasteiger partial charge in [0.15, 0.2) is 5.43 Å². The molecule has 1 aliphatic rings. The van der Waals surface area contributed by atoms with E-state index in [1.165, 1.54) is 18.5 Å². The summed E-state index contributed by atoms with van der Waals surface area (Å²) >= 11 is 0. The van der Waals surface area contributed by atoms with E-state index in [-0.39, 0.29) is 22.4 Å². The third-order valence-electron chi connectivity index (χ3n) is 3.36. The summed E-state index contributed by atoms with van der Waals surface area (Å²) in [6.45, 7) is 7.24. The highest BCUT2D eigenvalue weighted by molar-refractivity contribution is 8.93. The van der Waals surface area contributed by atoms with Crippen LogP contribution >= 0.6 is 17.0 Å². The fraction of sp³-hybridized carbons (Fsp3) is 0.615. The predicted molar refractivity (Wildman–Crippen MR) is 77.5 cm³/mol. The van der Waals surface area contributed by atoms with Crippen LogP contribution in [0.5, 0.6) is 0 Å². The van der Waals surface area contributed by atoms with E-state index >= 15 is 0 Å². The maximum absolute atomic E-state index is 11.7. The zero-order valence-electron chi connectivity index (χ0n) is 10.6. The summed E-state index contributed by atoms with van der Waals surface area (Å²) in [6.07, 6.45) is 3.48. The smallest absolute Gasteiger partial charge is 0.183 e. The van der Waals surface area contributed by atoms with E-state index in [0.717, 1.165) is 31.9 Å². The summed E-state index contributed by atoms with van der Waals surface area (Å²) in [6, 6.07) is 3.58. The Morgan fingerprint density at radius 2 is 1.94 bits per heavy atom. The van der Waals surface area contributed by atoms with Crippen LogP contribution in [0, 0.1) is 0 Å². The van der Waals surface area contributed by atoms with E-state index in [4.69, 9.17) is 0 Å². The van der Waals surface area contributed by atoms with Gasteiger partial charge in [-0.15, -0.1) is 17.0 Å². The van der Waals surface area contributed by atoms with Crippen molar-refractivity contribution >= 4 is 22.8 Å². The summed E-state index contributed by atoms with van der Waals surface area (Å²) in [4.78, 5) is 13.9. The van der Waals surface area contributed by atoms with Crippen LogP contribution in [0.15, 0.2) is 16.9 Å². The van der Waals surface area contributed by atoms with Gasteiger partial charge in [0.05, 0.1) is 0 Å². The maximum Gasteiger partial charge on any atom is 0.183 e. The fourth-order valence-electron chi connectivity index (χ4n) is 2.49. The molecule has 1 aliphatic heterocycles. The standard InChI is InChI=1S/C13H20N2O.BrH/c1-3-14(4-2)13-10-12(16)9-11-7-5-6-8-15(11)13;/h9-10H,3-8H2,1-2H3;1H. The van der Waals surface area contributed by atoms with Crippen LogP contribution < -0.4 is 10.3 Å². The van der Waals surface area contributed by atoms with Crippen molar-refractivity contribution in [2.75, 3.05) is 18.0 Å². The molecule has 0 N–H and O–H groups in total. The molecule has 0 aliphatic carbocycles.